The lowest BCUT2D eigenvalue weighted by Crippen LogP contribution is -2.00. The van der Waals surface area contributed by atoms with E-state index in [1.54, 1.807) is 0 Å². The van der Waals surface area contributed by atoms with E-state index in [1.165, 1.54) is 16.7 Å². The van der Waals surface area contributed by atoms with Gasteiger partial charge in [-0.3, -0.25) is 0 Å². The van der Waals surface area contributed by atoms with Gasteiger partial charge in [-0.1, -0.05) is 115 Å². The monoisotopic (exact) mass is 399 g/mol. The number of aryl methyl sites for hydroxylation is 1. The van der Waals surface area contributed by atoms with E-state index in [-0.39, 0.29) is 0 Å². The molecule has 0 unspecified atom stereocenters. The molecule has 0 aliphatic rings. The van der Waals surface area contributed by atoms with Crippen molar-refractivity contribution in [2.75, 3.05) is 0 Å². The van der Waals surface area contributed by atoms with Crippen LogP contribution in [0.15, 0.2) is 109 Å². The van der Waals surface area contributed by atoms with Crippen molar-refractivity contribution in [1.29, 1.82) is 0 Å². The van der Waals surface area contributed by atoms with E-state index >= 15 is 0 Å². The van der Waals surface area contributed by atoms with E-state index in [0.29, 0.717) is 17.5 Å². The molecular weight excluding hydrogens is 378 g/mol. The van der Waals surface area contributed by atoms with Crippen LogP contribution >= 0.6 is 0 Å². The molecule has 0 aliphatic carbocycles. The summed E-state index contributed by atoms with van der Waals surface area (Å²) >= 11 is 0. The van der Waals surface area contributed by atoms with E-state index < -0.39 is 0 Å². The largest absolute Gasteiger partial charge is 0.208 e. The Kier molecular flexibility index (Phi) is 5.07. The maximum atomic E-state index is 4.81. The summed E-state index contributed by atoms with van der Waals surface area (Å²) in [7, 11) is 0. The summed E-state index contributed by atoms with van der Waals surface area (Å²) in [6.07, 6.45) is 0. The molecule has 0 saturated heterocycles. The van der Waals surface area contributed by atoms with Crippen molar-refractivity contribution in [3.63, 3.8) is 0 Å². The Morgan fingerprint density at radius 2 is 0.677 bits per heavy atom. The number of aromatic nitrogens is 3. The molecule has 0 spiro atoms. The molecule has 0 aliphatic heterocycles. The quantitative estimate of drug-likeness (QED) is 0.332. The summed E-state index contributed by atoms with van der Waals surface area (Å²) in [5.74, 6) is 2.02. The van der Waals surface area contributed by atoms with E-state index in [0.717, 1.165) is 16.7 Å². The highest BCUT2D eigenvalue weighted by atomic mass is 15.0. The van der Waals surface area contributed by atoms with Crippen LogP contribution in [0.3, 0.4) is 0 Å². The fourth-order valence-corrected chi connectivity index (χ4v) is 3.50. The second-order valence-corrected chi connectivity index (χ2v) is 7.48. The molecule has 148 valence electrons. The lowest BCUT2D eigenvalue weighted by molar-refractivity contribution is 1.07. The van der Waals surface area contributed by atoms with Crippen LogP contribution in [0.4, 0.5) is 0 Å². The lowest BCUT2D eigenvalue weighted by Gasteiger charge is -2.09. The second-order valence-electron chi connectivity index (χ2n) is 7.48. The fraction of sp³-hybridized carbons (Fsp3) is 0.0357. The number of hydrogen-bond acceptors (Lipinski definition) is 3. The molecule has 4 aromatic carbocycles. The lowest BCUT2D eigenvalue weighted by atomic mass is 10.0. The highest BCUT2D eigenvalue weighted by Crippen LogP contribution is 2.27. The first-order chi connectivity index (χ1) is 15.3. The van der Waals surface area contributed by atoms with Crippen molar-refractivity contribution in [3.05, 3.63) is 115 Å². The van der Waals surface area contributed by atoms with Gasteiger partial charge in [0.15, 0.2) is 17.5 Å². The average Bonchev–Trinajstić information content (AvgIpc) is 2.85. The first-order valence-electron chi connectivity index (χ1n) is 10.3. The van der Waals surface area contributed by atoms with Crippen molar-refractivity contribution in [3.8, 4) is 45.3 Å². The third kappa shape index (κ3) is 4.12. The van der Waals surface area contributed by atoms with Gasteiger partial charge in [-0.25, -0.2) is 15.0 Å². The predicted octanol–water partition coefficient (Wildman–Crippen LogP) is 6.85. The summed E-state index contributed by atoms with van der Waals surface area (Å²) in [6.45, 7) is 2.08. The molecule has 0 saturated carbocycles. The summed E-state index contributed by atoms with van der Waals surface area (Å²) in [4.78, 5) is 14.4. The topological polar surface area (TPSA) is 38.7 Å². The molecule has 0 atom stereocenters. The molecule has 5 rings (SSSR count). The number of rotatable bonds is 4. The van der Waals surface area contributed by atoms with E-state index in [9.17, 15) is 0 Å². The van der Waals surface area contributed by atoms with Gasteiger partial charge in [0.1, 0.15) is 0 Å². The van der Waals surface area contributed by atoms with Gasteiger partial charge in [-0.2, -0.15) is 0 Å². The second kappa shape index (κ2) is 8.33. The van der Waals surface area contributed by atoms with Gasteiger partial charge in [0.05, 0.1) is 0 Å². The predicted molar refractivity (Wildman–Crippen MR) is 126 cm³/mol. The molecule has 31 heavy (non-hydrogen) atoms. The third-order valence-electron chi connectivity index (χ3n) is 5.23. The smallest absolute Gasteiger partial charge is 0.164 e. The molecule has 3 nitrogen and oxygen atoms in total. The molecule has 1 heterocycles. The van der Waals surface area contributed by atoms with E-state index in [4.69, 9.17) is 15.0 Å². The molecule has 5 aromatic rings. The minimum absolute atomic E-state index is 0.670. The molecule has 0 radical (unpaired) electrons. The van der Waals surface area contributed by atoms with Crippen molar-refractivity contribution >= 4 is 0 Å². The zero-order valence-corrected chi connectivity index (χ0v) is 17.2. The normalized spacial score (nSPS) is 10.7. The molecule has 0 fully saturated rings. The van der Waals surface area contributed by atoms with Crippen molar-refractivity contribution in [2.45, 2.75) is 6.92 Å². The van der Waals surface area contributed by atoms with Crippen LogP contribution in [-0.2, 0) is 0 Å². The minimum atomic E-state index is 0.670. The van der Waals surface area contributed by atoms with Crippen LogP contribution in [-0.4, -0.2) is 15.0 Å². The molecule has 0 N–H and O–H groups in total. The van der Waals surface area contributed by atoms with E-state index in [2.05, 4.69) is 79.7 Å². The first-order valence-corrected chi connectivity index (χ1v) is 10.3. The Balaban J connectivity index is 1.60. The summed E-state index contributed by atoms with van der Waals surface area (Å²) < 4.78 is 0. The fourth-order valence-electron chi connectivity index (χ4n) is 3.50. The Labute approximate surface area is 182 Å². The highest BCUT2D eigenvalue weighted by molar-refractivity contribution is 5.70. The van der Waals surface area contributed by atoms with Gasteiger partial charge >= 0.3 is 0 Å². The van der Waals surface area contributed by atoms with Crippen LogP contribution in [0.2, 0.25) is 0 Å². The van der Waals surface area contributed by atoms with Crippen molar-refractivity contribution in [2.24, 2.45) is 0 Å². The Morgan fingerprint density at radius 3 is 1.16 bits per heavy atom. The summed E-state index contributed by atoms with van der Waals surface area (Å²) in [5.41, 5.74) is 6.48. The summed E-state index contributed by atoms with van der Waals surface area (Å²) in [6, 6.07) is 37.0. The van der Waals surface area contributed by atoms with E-state index in [1.807, 2.05) is 36.4 Å². The van der Waals surface area contributed by atoms with Crippen LogP contribution in [0.25, 0.3) is 45.3 Å². The van der Waals surface area contributed by atoms with Gasteiger partial charge in [0, 0.05) is 16.7 Å². The average molecular weight is 399 g/mol. The number of nitrogens with zero attached hydrogens (tertiary/aromatic N) is 3. The Bertz CT molecular complexity index is 1290. The van der Waals surface area contributed by atoms with Gasteiger partial charge in [-0.05, 0) is 18.1 Å². The van der Waals surface area contributed by atoms with Gasteiger partial charge < -0.3 is 0 Å². The summed E-state index contributed by atoms with van der Waals surface area (Å²) in [5, 5.41) is 0. The third-order valence-corrected chi connectivity index (χ3v) is 5.23. The first kappa shape index (κ1) is 18.9. The maximum absolute atomic E-state index is 4.81. The SMILES string of the molecule is Cc1ccc(-c2nc(-c3ccccc3)nc(-c3ccc(-c4ccccc4)cc3)n2)cc1. The highest BCUT2D eigenvalue weighted by Gasteiger charge is 2.12. The molecule has 1 aromatic heterocycles. The molecule has 0 bridgehead atoms. The Hall–Kier alpha value is -4.11. The van der Waals surface area contributed by atoms with Crippen LogP contribution in [0.5, 0.6) is 0 Å². The van der Waals surface area contributed by atoms with Crippen LogP contribution < -0.4 is 0 Å². The van der Waals surface area contributed by atoms with Crippen molar-refractivity contribution in [1.82, 2.24) is 15.0 Å². The Morgan fingerprint density at radius 1 is 0.355 bits per heavy atom. The van der Waals surface area contributed by atoms with Crippen LogP contribution in [0, 0.1) is 6.92 Å². The van der Waals surface area contributed by atoms with Gasteiger partial charge in [0.25, 0.3) is 0 Å². The zero-order valence-electron chi connectivity index (χ0n) is 17.2. The van der Waals surface area contributed by atoms with Crippen LogP contribution in [0.1, 0.15) is 5.56 Å². The van der Waals surface area contributed by atoms with Gasteiger partial charge in [0.2, 0.25) is 0 Å². The standard InChI is InChI=1S/C28H21N3/c1-20-12-14-24(15-13-20)27-29-26(23-10-6-3-7-11-23)30-28(31-27)25-18-16-22(17-19-25)21-8-4-2-5-9-21/h2-19H,1H3. The molecule has 3 heteroatoms. The zero-order chi connectivity index (χ0) is 21.0. The van der Waals surface area contributed by atoms with Crippen molar-refractivity contribution < 1.29 is 0 Å². The van der Waals surface area contributed by atoms with Gasteiger partial charge in [-0.15, -0.1) is 0 Å². The molecular formula is C28H21N3. The molecule has 0 amide bonds. The number of hydrogen-bond donors (Lipinski definition) is 0. The maximum Gasteiger partial charge on any atom is 0.164 e. The number of benzene rings is 4. The minimum Gasteiger partial charge on any atom is -0.208 e.